The molecule has 1 N–H and O–H groups in total. The molecular formula is C17H23N3O2. The molecule has 0 aliphatic carbocycles. The molecular weight excluding hydrogens is 278 g/mol. The molecule has 0 saturated heterocycles. The molecule has 0 bridgehead atoms. The molecule has 1 aromatic heterocycles. The van der Waals surface area contributed by atoms with Crippen LogP contribution in [0.5, 0.6) is 0 Å². The zero-order chi connectivity index (χ0) is 16.3. The van der Waals surface area contributed by atoms with E-state index in [1.807, 2.05) is 6.92 Å². The van der Waals surface area contributed by atoms with Gasteiger partial charge in [0.05, 0.1) is 12.2 Å². The second kappa shape index (κ2) is 6.30. The van der Waals surface area contributed by atoms with Gasteiger partial charge >= 0.3 is 5.97 Å². The van der Waals surface area contributed by atoms with E-state index < -0.39 is 5.97 Å². The molecule has 0 fully saturated rings. The maximum absolute atomic E-state index is 11.2. The van der Waals surface area contributed by atoms with Crippen LogP contribution in [0.4, 0.5) is 0 Å². The Kier molecular flexibility index (Phi) is 4.64. The largest absolute Gasteiger partial charge is 0.476 e. The number of aromatic nitrogens is 3. The third kappa shape index (κ3) is 3.53. The van der Waals surface area contributed by atoms with Crippen molar-refractivity contribution in [1.29, 1.82) is 0 Å². The Balaban J connectivity index is 2.25. The lowest BCUT2D eigenvalue weighted by atomic mass is 9.87. The van der Waals surface area contributed by atoms with Crippen LogP contribution in [0.1, 0.15) is 61.4 Å². The van der Waals surface area contributed by atoms with Crippen molar-refractivity contribution in [2.45, 2.75) is 52.5 Å². The van der Waals surface area contributed by atoms with Gasteiger partial charge in [0.15, 0.2) is 5.69 Å². The molecule has 0 radical (unpaired) electrons. The van der Waals surface area contributed by atoms with Gasteiger partial charge in [0.1, 0.15) is 0 Å². The molecule has 1 heterocycles. The van der Waals surface area contributed by atoms with Gasteiger partial charge < -0.3 is 5.11 Å². The average Bonchev–Trinajstić information content (AvgIpc) is 2.82. The summed E-state index contributed by atoms with van der Waals surface area (Å²) in [5.41, 5.74) is 3.24. The highest BCUT2D eigenvalue weighted by molar-refractivity contribution is 5.86. The first-order valence-electron chi connectivity index (χ1n) is 7.58. The summed E-state index contributed by atoms with van der Waals surface area (Å²) in [4.78, 5) is 11.2. The van der Waals surface area contributed by atoms with Crippen molar-refractivity contribution in [3.05, 3.63) is 46.8 Å². The number of hydrogen-bond donors (Lipinski definition) is 1. The smallest absolute Gasteiger partial charge is 0.358 e. The van der Waals surface area contributed by atoms with Gasteiger partial charge in [0, 0.05) is 0 Å². The summed E-state index contributed by atoms with van der Waals surface area (Å²) in [6.45, 7) is 9.09. The summed E-state index contributed by atoms with van der Waals surface area (Å²) < 4.78 is 1.69. The van der Waals surface area contributed by atoms with Crippen molar-refractivity contribution in [1.82, 2.24) is 15.0 Å². The number of carbonyl (C=O) groups is 1. The average molecular weight is 301 g/mol. The zero-order valence-corrected chi connectivity index (χ0v) is 13.6. The number of nitrogens with zero attached hydrogens (tertiary/aromatic N) is 3. The zero-order valence-electron chi connectivity index (χ0n) is 13.6. The highest BCUT2D eigenvalue weighted by Gasteiger charge is 2.18. The number of benzene rings is 1. The quantitative estimate of drug-likeness (QED) is 0.920. The molecule has 0 spiro atoms. The molecule has 0 saturated carbocycles. The number of rotatable bonds is 5. The Morgan fingerprint density at radius 3 is 2.36 bits per heavy atom. The third-order valence-electron chi connectivity index (χ3n) is 3.68. The molecule has 0 atom stereocenters. The van der Waals surface area contributed by atoms with Crippen LogP contribution in [-0.2, 0) is 18.4 Å². The lowest BCUT2D eigenvalue weighted by molar-refractivity contribution is 0.0689. The number of aromatic carboxylic acids is 1. The van der Waals surface area contributed by atoms with Crippen molar-refractivity contribution in [3.8, 4) is 0 Å². The fourth-order valence-electron chi connectivity index (χ4n) is 2.39. The van der Waals surface area contributed by atoms with Gasteiger partial charge in [0.25, 0.3) is 0 Å². The van der Waals surface area contributed by atoms with E-state index in [-0.39, 0.29) is 11.1 Å². The summed E-state index contributed by atoms with van der Waals surface area (Å²) in [7, 11) is 0. The van der Waals surface area contributed by atoms with E-state index in [0.29, 0.717) is 18.7 Å². The molecule has 118 valence electrons. The monoisotopic (exact) mass is 301 g/mol. The van der Waals surface area contributed by atoms with Crippen molar-refractivity contribution in [3.63, 3.8) is 0 Å². The van der Waals surface area contributed by atoms with Gasteiger partial charge in [-0.25, -0.2) is 9.48 Å². The SMILES string of the molecule is CCCc1c(C(=O)O)nnn1Cc1ccc(C(C)(C)C)cc1. The van der Waals surface area contributed by atoms with Crippen LogP contribution in [0.3, 0.4) is 0 Å². The van der Waals surface area contributed by atoms with Crippen molar-refractivity contribution in [2.75, 3.05) is 0 Å². The molecule has 2 aromatic rings. The summed E-state index contributed by atoms with van der Waals surface area (Å²) >= 11 is 0. The van der Waals surface area contributed by atoms with Gasteiger partial charge in [-0.15, -0.1) is 5.10 Å². The minimum Gasteiger partial charge on any atom is -0.476 e. The van der Waals surface area contributed by atoms with E-state index in [2.05, 4.69) is 55.3 Å². The minimum atomic E-state index is -1.02. The first kappa shape index (κ1) is 16.2. The fourth-order valence-corrected chi connectivity index (χ4v) is 2.39. The topological polar surface area (TPSA) is 68.0 Å². The van der Waals surface area contributed by atoms with Crippen molar-refractivity contribution in [2.24, 2.45) is 0 Å². The minimum absolute atomic E-state index is 0.0631. The van der Waals surface area contributed by atoms with E-state index >= 15 is 0 Å². The van der Waals surface area contributed by atoms with Crippen LogP contribution in [-0.4, -0.2) is 26.1 Å². The highest BCUT2D eigenvalue weighted by Crippen LogP contribution is 2.22. The third-order valence-corrected chi connectivity index (χ3v) is 3.68. The number of carboxylic acid groups (broad SMARTS) is 1. The molecule has 0 amide bonds. The van der Waals surface area contributed by atoms with E-state index in [1.54, 1.807) is 4.68 Å². The van der Waals surface area contributed by atoms with Crippen LogP contribution >= 0.6 is 0 Å². The van der Waals surface area contributed by atoms with E-state index in [1.165, 1.54) is 5.56 Å². The lowest BCUT2D eigenvalue weighted by Gasteiger charge is -2.19. The Labute approximate surface area is 131 Å². The summed E-state index contributed by atoms with van der Waals surface area (Å²) in [6, 6.07) is 8.37. The predicted molar refractivity (Wildman–Crippen MR) is 85.2 cm³/mol. The van der Waals surface area contributed by atoms with Gasteiger partial charge in [-0.3, -0.25) is 0 Å². The Bertz CT molecular complexity index is 652. The molecule has 0 unspecified atom stereocenters. The number of hydrogen-bond acceptors (Lipinski definition) is 3. The second-order valence-electron chi connectivity index (χ2n) is 6.54. The summed E-state index contributed by atoms with van der Waals surface area (Å²) in [5.74, 6) is -1.02. The first-order valence-corrected chi connectivity index (χ1v) is 7.58. The molecule has 5 heteroatoms. The van der Waals surface area contributed by atoms with Crippen LogP contribution < -0.4 is 0 Å². The van der Waals surface area contributed by atoms with Crippen molar-refractivity contribution >= 4 is 5.97 Å². The fraction of sp³-hybridized carbons (Fsp3) is 0.471. The maximum Gasteiger partial charge on any atom is 0.358 e. The predicted octanol–water partition coefficient (Wildman–Crippen LogP) is 3.27. The lowest BCUT2D eigenvalue weighted by Crippen LogP contribution is -2.12. The Morgan fingerprint density at radius 2 is 1.86 bits per heavy atom. The Hall–Kier alpha value is -2.17. The molecule has 22 heavy (non-hydrogen) atoms. The van der Waals surface area contributed by atoms with E-state index in [9.17, 15) is 9.90 Å². The van der Waals surface area contributed by atoms with Crippen LogP contribution in [0.25, 0.3) is 0 Å². The molecule has 2 rings (SSSR count). The molecule has 5 nitrogen and oxygen atoms in total. The van der Waals surface area contributed by atoms with Gasteiger partial charge in [-0.2, -0.15) is 0 Å². The standard InChI is InChI=1S/C17H23N3O2/c1-5-6-14-15(16(21)22)18-19-20(14)11-12-7-9-13(10-8-12)17(2,3)4/h7-10H,5-6,11H2,1-4H3,(H,21,22). The van der Waals surface area contributed by atoms with Crippen LogP contribution in [0.2, 0.25) is 0 Å². The normalized spacial score (nSPS) is 11.6. The van der Waals surface area contributed by atoms with Crippen molar-refractivity contribution < 1.29 is 9.90 Å². The first-order chi connectivity index (χ1) is 10.3. The second-order valence-corrected chi connectivity index (χ2v) is 6.54. The van der Waals surface area contributed by atoms with Gasteiger partial charge in [-0.1, -0.05) is 63.6 Å². The Morgan fingerprint density at radius 1 is 1.23 bits per heavy atom. The van der Waals surface area contributed by atoms with Gasteiger partial charge in [0.2, 0.25) is 0 Å². The summed E-state index contributed by atoms with van der Waals surface area (Å²) in [6.07, 6.45) is 1.52. The van der Waals surface area contributed by atoms with E-state index in [4.69, 9.17) is 0 Å². The van der Waals surface area contributed by atoms with Crippen LogP contribution in [0, 0.1) is 0 Å². The van der Waals surface area contributed by atoms with Gasteiger partial charge in [-0.05, 0) is 23.0 Å². The maximum atomic E-state index is 11.2. The molecule has 1 aromatic carbocycles. The van der Waals surface area contributed by atoms with Crippen LogP contribution in [0.15, 0.2) is 24.3 Å². The van der Waals surface area contributed by atoms with E-state index in [0.717, 1.165) is 12.0 Å². The summed E-state index contributed by atoms with van der Waals surface area (Å²) in [5, 5.41) is 17.0. The number of carboxylic acids is 1. The highest BCUT2D eigenvalue weighted by atomic mass is 16.4. The molecule has 0 aliphatic rings. The molecule has 0 aliphatic heterocycles.